The quantitative estimate of drug-likeness (QED) is 0.236. The average Bonchev–Trinajstić information content (AvgIpc) is 2.80. The van der Waals surface area contributed by atoms with E-state index in [1.807, 2.05) is 0 Å². The summed E-state index contributed by atoms with van der Waals surface area (Å²) in [5.74, 6) is 0. The molecule has 1 aliphatic heterocycles. The second-order valence-electron chi connectivity index (χ2n) is 5.26. The summed E-state index contributed by atoms with van der Waals surface area (Å²) in [6.07, 6.45) is 1.53. The van der Waals surface area contributed by atoms with Crippen LogP contribution in [0.4, 0.5) is 11.4 Å². The highest BCUT2D eigenvalue weighted by molar-refractivity contribution is 9.15. The Hall–Kier alpha value is 0.780. The Morgan fingerprint density at radius 3 is 2.14 bits per heavy atom. The van der Waals surface area contributed by atoms with E-state index in [2.05, 4.69) is 68.6 Å². The fourth-order valence-electron chi connectivity index (χ4n) is 2.68. The van der Waals surface area contributed by atoms with Gasteiger partial charge in [0, 0.05) is 17.4 Å². The maximum Gasteiger partial charge on any atom is 0.174 e. The third-order valence-electron chi connectivity index (χ3n) is 3.70. The van der Waals surface area contributed by atoms with Gasteiger partial charge in [0.15, 0.2) is 12.4 Å². The maximum absolute atomic E-state index is 13.4. The molecule has 1 heterocycles. The van der Waals surface area contributed by atoms with Crippen molar-refractivity contribution in [2.45, 2.75) is 12.8 Å². The van der Waals surface area contributed by atoms with E-state index in [1.165, 1.54) is 0 Å². The molecule has 0 bridgehead atoms. The zero-order valence-corrected chi connectivity index (χ0v) is 18.3. The van der Waals surface area contributed by atoms with Crippen LogP contribution in [0.1, 0.15) is 12.8 Å². The molecular formula is C13H18Br4N4O. The summed E-state index contributed by atoms with van der Waals surface area (Å²) < 4.78 is 3.01. The number of fused-ring (bicyclic) bond motifs is 1. The van der Waals surface area contributed by atoms with Crippen LogP contribution in [0.2, 0.25) is 0 Å². The van der Waals surface area contributed by atoms with E-state index in [4.69, 9.17) is 11.5 Å². The SMILES string of the molecule is NCCCN1C[N+]([O-])(CCCN)c2c(Br)c(Br)c(Br)c(Br)c21. The first-order valence-electron chi connectivity index (χ1n) is 6.97. The molecule has 1 aromatic rings. The van der Waals surface area contributed by atoms with E-state index in [9.17, 15) is 5.21 Å². The van der Waals surface area contributed by atoms with Gasteiger partial charge in [-0.1, -0.05) is 0 Å². The zero-order chi connectivity index (χ0) is 16.5. The molecule has 1 atom stereocenters. The van der Waals surface area contributed by atoms with Gasteiger partial charge in [-0.3, -0.25) is 0 Å². The van der Waals surface area contributed by atoms with E-state index >= 15 is 0 Å². The molecule has 1 unspecified atom stereocenters. The number of anilines is 1. The Morgan fingerprint density at radius 1 is 0.955 bits per heavy atom. The van der Waals surface area contributed by atoms with Crippen molar-refractivity contribution in [3.8, 4) is 0 Å². The summed E-state index contributed by atoms with van der Waals surface area (Å²) in [5.41, 5.74) is 12.9. The van der Waals surface area contributed by atoms with Crippen molar-refractivity contribution in [2.24, 2.45) is 11.5 Å². The Morgan fingerprint density at radius 2 is 1.55 bits per heavy atom. The van der Waals surface area contributed by atoms with Crippen molar-refractivity contribution in [1.82, 2.24) is 4.65 Å². The number of nitrogens with zero attached hydrogens (tertiary/aromatic N) is 2. The first kappa shape index (κ1) is 19.1. The lowest BCUT2D eigenvalue weighted by molar-refractivity contribution is 0.384. The Kier molecular flexibility index (Phi) is 6.75. The Labute approximate surface area is 164 Å². The standard InChI is InChI=1S/C13H18Br4N4O/c14-8-9(15)11(17)13-12(10(8)16)20(5-1-3-18)7-21(13,22)6-2-4-19/h1-7,18-19H2. The highest BCUT2D eigenvalue weighted by atomic mass is 79.9. The molecule has 124 valence electrons. The normalized spacial score (nSPS) is 20.6. The number of halogens is 4. The lowest BCUT2D eigenvalue weighted by Gasteiger charge is -2.39. The molecule has 0 amide bonds. The minimum Gasteiger partial charge on any atom is -0.626 e. The number of hydrogen-bond acceptors (Lipinski definition) is 4. The van der Waals surface area contributed by atoms with E-state index in [-0.39, 0.29) is 0 Å². The van der Waals surface area contributed by atoms with Crippen molar-refractivity contribution in [2.75, 3.05) is 37.7 Å². The van der Waals surface area contributed by atoms with Crippen LogP contribution in [0.3, 0.4) is 0 Å². The largest absolute Gasteiger partial charge is 0.626 e. The number of quaternary nitrogens is 1. The van der Waals surface area contributed by atoms with Gasteiger partial charge < -0.3 is 26.2 Å². The Bertz CT molecular complexity index is 572. The van der Waals surface area contributed by atoms with E-state index in [1.54, 1.807) is 0 Å². The predicted octanol–water partition coefficient (Wildman–Crippen LogP) is 4.02. The molecule has 0 aromatic heterocycles. The summed E-state index contributed by atoms with van der Waals surface area (Å²) in [7, 11) is 0. The maximum atomic E-state index is 13.4. The monoisotopic (exact) mass is 562 g/mol. The molecule has 9 heteroatoms. The summed E-state index contributed by atoms with van der Waals surface area (Å²) in [6.45, 7) is 2.71. The molecule has 1 aromatic carbocycles. The van der Waals surface area contributed by atoms with Crippen molar-refractivity contribution in [3.05, 3.63) is 23.1 Å². The third kappa shape index (κ3) is 3.42. The van der Waals surface area contributed by atoms with Gasteiger partial charge in [-0.05, 0) is 83.2 Å². The van der Waals surface area contributed by atoms with Gasteiger partial charge in [0.2, 0.25) is 0 Å². The molecule has 22 heavy (non-hydrogen) atoms. The molecule has 0 radical (unpaired) electrons. The van der Waals surface area contributed by atoms with Crippen LogP contribution in [0.15, 0.2) is 17.9 Å². The van der Waals surface area contributed by atoms with Gasteiger partial charge in [0.25, 0.3) is 0 Å². The average molecular weight is 566 g/mol. The van der Waals surface area contributed by atoms with Gasteiger partial charge in [-0.25, -0.2) is 0 Å². The predicted molar refractivity (Wildman–Crippen MR) is 107 cm³/mol. The number of hydroxylamine groups is 2. The van der Waals surface area contributed by atoms with Crippen molar-refractivity contribution < 1.29 is 0 Å². The molecule has 0 saturated heterocycles. The first-order chi connectivity index (χ1) is 10.4. The molecule has 0 fully saturated rings. The van der Waals surface area contributed by atoms with Crippen LogP contribution < -0.4 is 21.0 Å². The first-order valence-corrected chi connectivity index (χ1v) is 10.1. The lowest BCUT2D eigenvalue weighted by atomic mass is 10.2. The van der Waals surface area contributed by atoms with E-state index in [0.717, 1.165) is 42.2 Å². The Balaban J connectivity index is 2.56. The molecular weight excluding hydrogens is 548 g/mol. The van der Waals surface area contributed by atoms with E-state index < -0.39 is 4.65 Å². The van der Waals surface area contributed by atoms with Gasteiger partial charge in [-0.2, -0.15) is 0 Å². The zero-order valence-electron chi connectivity index (χ0n) is 11.9. The number of hydrogen-bond donors (Lipinski definition) is 2. The summed E-state index contributed by atoms with van der Waals surface area (Å²) in [4.78, 5) is 2.11. The van der Waals surface area contributed by atoms with Crippen LogP contribution in [0.5, 0.6) is 0 Å². The van der Waals surface area contributed by atoms with Crippen LogP contribution >= 0.6 is 63.7 Å². The summed E-state index contributed by atoms with van der Waals surface area (Å²) in [5, 5.41) is 13.4. The highest BCUT2D eigenvalue weighted by Gasteiger charge is 2.41. The molecule has 5 nitrogen and oxygen atoms in total. The second-order valence-corrected chi connectivity index (χ2v) is 8.43. The number of benzene rings is 1. The fraction of sp³-hybridized carbons (Fsp3) is 0.538. The van der Waals surface area contributed by atoms with Gasteiger partial charge in [0.05, 0.1) is 20.0 Å². The van der Waals surface area contributed by atoms with Crippen molar-refractivity contribution >= 4 is 75.1 Å². The van der Waals surface area contributed by atoms with Crippen molar-refractivity contribution in [3.63, 3.8) is 0 Å². The molecule has 0 aliphatic carbocycles. The number of nitrogens with two attached hydrogens (primary N) is 2. The van der Waals surface area contributed by atoms with Gasteiger partial charge in [-0.15, -0.1) is 0 Å². The summed E-state index contributed by atoms with van der Waals surface area (Å²) >= 11 is 14.3. The van der Waals surface area contributed by atoms with Crippen LogP contribution in [0.25, 0.3) is 0 Å². The minimum absolute atomic E-state index is 0.384. The fourth-order valence-corrected chi connectivity index (χ4v) is 5.33. The second kappa shape index (κ2) is 7.77. The number of rotatable bonds is 6. The lowest BCUT2D eigenvalue weighted by Crippen LogP contribution is -2.47. The molecule has 0 saturated carbocycles. The molecule has 2 rings (SSSR count). The molecule has 0 spiro atoms. The minimum atomic E-state index is -0.401. The smallest absolute Gasteiger partial charge is 0.174 e. The molecule has 4 N–H and O–H groups in total. The van der Waals surface area contributed by atoms with Crippen molar-refractivity contribution in [1.29, 1.82) is 0 Å². The van der Waals surface area contributed by atoms with Gasteiger partial charge in [0.1, 0.15) is 5.69 Å². The van der Waals surface area contributed by atoms with Crippen LogP contribution in [0, 0.1) is 5.21 Å². The van der Waals surface area contributed by atoms with Crippen LogP contribution in [-0.4, -0.2) is 32.8 Å². The highest BCUT2D eigenvalue weighted by Crippen LogP contribution is 2.55. The van der Waals surface area contributed by atoms with Gasteiger partial charge >= 0.3 is 0 Å². The topological polar surface area (TPSA) is 78.3 Å². The molecule has 1 aliphatic rings. The third-order valence-corrected chi connectivity index (χ3v) is 8.42. The van der Waals surface area contributed by atoms with Crippen LogP contribution in [-0.2, 0) is 0 Å². The van der Waals surface area contributed by atoms with E-state index in [0.29, 0.717) is 32.7 Å². The summed E-state index contributed by atoms with van der Waals surface area (Å²) in [6, 6.07) is 0.